The van der Waals surface area contributed by atoms with Crippen molar-refractivity contribution >= 4 is 0 Å². The first kappa shape index (κ1) is 10.0. The quantitative estimate of drug-likeness (QED) is 0.700. The summed E-state index contributed by atoms with van der Waals surface area (Å²) in [4.78, 5) is 2.20. The van der Waals surface area contributed by atoms with Gasteiger partial charge < -0.3 is 5.11 Å². The Balaban J connectivity index is 2.50. The Labute approximate surface area is 75.6 Å². The van der Waals surface area contributed by atoms with Crippen molar-refractivity contribution in [1.82, 2.24) is 4.90 Å². The molecule has 1 N–H and O–H groups in total. The van der Waals surface area contributed by atoms with Gasteiger partial charge in [0.15, 0.2) is 0 Å². The lowest BCUT2D eigenvalue weighted by molar-refractivity contribution is -0.0683. The molecular formula is C10H21NO. The molecule has 2 nitrogen and oxygen atoms in total. The highest BCUT2D eigenvalue weighted by Gasteiger charge is 2.32. The fourth-order valence-electron chi connectivity index (χ4n) is 1.66. The predicted molar refractivity (Wildman–Crippen MR) is 50.9 cm³/mol. The second-order valence-electron chi connectivity index (χ2n) is 4.46. The minimum atomic E-state index is -0.245. The Morgan fingerprint density at radius 3 is 2.25 bits per heavy atom. The summed E-state index contributed by atoms with van der Waals surface area (Å²) < 4.78 is 0. The molecule has 0 amide bonds. The third-order valence-corrected chi connectivity index (χ3v) is 3.10. The van der Waals surface area contributed by atoms with Crippen LogP contribution in [-0.2, 0) is 0 Å². The van der Waals surface area contributed by atoms with Gasteiger partial charge in [-0.15, -0.1) is 0 Å². The molecule has 1 atom stereocenters. The van der Waals surface area contributed by atoms with Gasteiger partial charge in [0, 0.05) is 18.5 Å². The maximum atomic E-state index is 10.0. The number of hydrogen-bond donors (Lipinski definition) is 1. The minimum Gasteiger partial charge on any atom is -0.378 e. The number of nitrogens with zero attached hydrogens (tertiary/aromatic N) is 1. The molecule has 1 aliphatic heterocycles. The van der Waals surface area contributed by atoms with Crippen LogP contribution in [0.5, 0.6) is 0 Å². The molecule has 0 spiro atoms. The van der Waals surface area contributed by atoms with E-state index in [1.807, 2.05) is 0 Å². The van der Waals surface area contributed by atoms with Gasteiger partial charge in [0.1, 0.15) is 6.23 Å². The molecule has 72 valence electrons. The molecule has 1 aliphatic rings. The van der Waals surface area contributed by atoms with Crippen LogP contribution in [0.25, 0.3) is 0 Å². The summed E-state index contributed by atoms with van der Waals surface area (Å²) in [6, 6.07) is 0. The van der Waals surface area contributed by atoms with E-state index in [-0.39, 0.29) is 11.6 Å². The average molecular weight is 171 g/mol. The van der Waals surface area contributed by atoms with E-state index in [9.17, 15) is 5.11 Å². The first-order valence-electron chi connectivity index (χ1n) is 5.00. The van der Waals surface area contributed by atoms with Gasteiger partial charge in [0.2, 0.25) is 0 Å². The van der Waals surface area contributed by atoms with E-state index in [0.29, 0.717) is 0 Å². The lowest BCUT2D eigenvalue weighted by Gasteiger charge is -2.35. The van der Waals surface area contributed by atoms with Crippen molar-refractivity contribution in [3.05, 3.63) is 0 Å². The highest BCUT2D eigenvalue weighted by molar-refractivity contribution is 4.79. The van der Waals surface area contributed by atoms with E-state index in [1.54, 1.807) is 0 Å². The topological polar surface area (TPSA) is 23.5 Å². The molecule has 12 heavy (non-hydrogen) atoms. The maximum Gasteiger partial charge on any atom is 0.112 e. The highest BCUT2D eigenvalue weighted by atomic mass is 16.3. The molecule has 0 aromatic carbocycles. The zero-order chi connectivity index (χ0) is 9.19. The fraction of sp³-hybridized carbons (Fsp3) is 1.00. The molecular weight excluding hydrogens is 150 g/mol. The van der Waals surface area contributed by atoms with Crippen molar-refractivity contribution in [3.8, 4) is 0 Å². The van der Waals surface area contributed by atoms with Gasteiger partial charge in [-0.2, -0.15) is 0 Å². The van der Waals surface area contributed by atoms with Crippen LogP contribution in [0.2, 0.25) is 0 Å². The molecule has 0 radical (unpaired) electrons. The first-order chi connectivity index (χ1) is 5.58. The first-order valence-corrected chi connectivity index (χ1v) is 5.00. The number of hydrogen-bond acceptors (Lipinski definition) is 2. The Morgan fingerprint density at radius 1 is 1.33 bits per heavy atom. The van der Waals surface area contributed by atoms with Gasteiger partial charge in [0.25, 0.3) is 0 Å². The van der Waals surface area contributed by atoms with E-state index in [2.05, 4.69) is 25.7 Å². The summed E-state index contributed by atoms with van der Waals surface area (Å²) in [5.41, 5.74) is 0.0460. The van der Waals surface area contributed by atoms with Crippen LogP contribution in [0.15, 0.2) is 0 Å². The third kappa shape index (κ3) is 1.99. The Bertz CT molecular complexity index is 139. The minimum absolute atomic E-state index is 0.0460. The fourth-order valence-corrected chi connectivity index (χ4v) is 1.66. The predicted octanol–water partition coefficient (Wildman–Crippen LogP) is 1.84. The van der Waals surface area contributed by atoms with Crippen molar-refractivity contribution < 1.29 is 5.11 Å². The monoisotopic (exact) mass is 171 g/mol. The lowest BCUT2D eigenvalue weighted by Crippen LogP contribution is -2.43. The molecule has 0 aromatic rings. The second-order valence-corrected chi connectivity index (χ2v) is 4.46. The normalized spacial score (nSPS) is 23.0. The van der Waals surface area contributed by atoms with Gasteiger partial charge in [-0.05, 0) is 19.3 Å². The Kier molecular flexibility index (Phi) is 3.13. The van der Waals surface area contributed by atoms with E-state index in [0.717, 1.165) is 19.5 Å². The summed E-state index contributed by atoms with van der Waals surface area (Å²) in [5.74, 6) is 0. The third-order valence-electron chi connectivity index (χ3n) is 3.10. The zero-order valence-corrected chi connectivity index (χ0v) is 8.51. The van der Waals surface area contributed by atoms with E-state index in [1.165, 1.54) is 12.8 Å². The van der Waals surface area contributed by atoms with Crippen molar-refractivity contribution in [2.45, 2.75) is 46.3 Å². The smallest absolute Gasteiger partial charge is 0.112 e. The van der Waals surface area contributed by atoms with Crippen LogP contribution in [0.1, 0.15) is 40.0 Å². The molecule has 0 aromatic heterocycles. The SMILES string of the molecule is CCC(C)(C)C(O)N1CCCC1. The molecule has 1 heterocycles. The number of likely N-dealkylation sites (tertiary alicyclic amines) is 1. The average Bonchev–Trinajstić information content (AvgIpc) is 2.55. The summed E-state index contributed by atoms with van der Waals surface area (Å²) in [6.07, 6.45) is 3.28. The molecule has 1 unspecified atom stereocenters. The molecule has 0 aliphatic carbocycles. The van der Waals surface area contributed by atoms with Crippen molar-refractivity contribution in [1.29, 1.82) is 0 Å². The molecule has 1 rings (SSSR count). The van der Waals surface area contributed by atoms with E-state index >= 15 is 0 Å². The molecule has 2 heteroatoms. The molecule has 0 saturated carbocycles. The van der Waals surface area contributed by atoms with Gasteiger partial charge in [-0.25, -0.2) is 0 Å². The van der Waals surface area contributed by atoms with Crippen LogP contribution in [0.4, 0.5) is 0 Å². The second kappa shape index (κ2) is 3.75. The molecule has 0 bridgehead atoms. The van der Waals surface area contributed by atoms with Crippen molar-refractivity contribution in [3.63, 3.8) is 0 Å². The van der Waals surface area contributed by atoms with Crippen LogP contribution >= 0.6 is 0 Å². The zero-order valence-electron chi connectivity index (χ0n) is 8.51. The van der Waals surface area contributed by atoms with Gasteiger partial charge in [-0.1, -0.05) is 20.8 Å². The van der Waals surface area contributed by atoms with Crippen LogP contribution in [-0.4, -0.2) is 29.3 Å². The molecule has 1 fully saturated rings. The van der Waals surface area contributed by atoms with Gasteiger partial charge >= 0.3 is 0 Å². The van der Waals surface area contributed by atoms with Crippen LogP contribution < -0.4 is 0 Å². The number of rotatable bonds is 3. The van der Waals surface area contributed by atoms with Crippen LogP contribution in [0, 0.1) is 5.41 Å². The summed E-state index contributed by atoms with van der Waals surface area (Å²) in [6.45, 7) is 8.56. The van der Waals surface area contributed by atoms with Gasteiger partial charge in [0.05, 0.1) is 0 Å². The standard InChI is InChI=1S/C10H21NO/c1-4-10(2,3)9(12)11-7-5-6-8-11/h9,12H,4-8H2,1-3H3. The maximum absolute atomic E-state index is 10.0. The highest BCUT2D eigenvalue weighted by Crippen LogP contribution is 2.28. The molecule has 1 saturated heterocycles. The number of aliphatic hydroxyl groups is 1. The Hall–Kier alpha value is -0.0800. The van der Waals surface area contributed by atoms with E-state index in [4.69, 9.17) is 0 Å². The van der Waals surface area contributed by atoms with E-state index < -0.39 is 0 Å². The van der Waals surface area contributed by atoms with Crippen molar-refractivity contribution in [2.75, 3.05) is 13.1 Å². The van der Waals surface area contributed by atoms with Crippen molar-refractivity contribution in [2.24, 2.45) is 5.41 Å². The van der Waals surface area contributed by atoms with Gasteiger partial charge in [-0.3, -0.25) is 4.90 Å². The largest absolute Gasteiger partial charge is 0.378 e. The lowest BCUT2D eigenvalue weighted by atomic mass is 9.87. The summed E-state index contributed by atoms with van der Waals surface area (Å²) in [5, 5.41) is 10.0. The summed E-state index contributed by atoms with van der Waals surface area (Å²) in [7, 11) is 0. The summed E-state index contributed by atoms with van der Waals surface area (Å²) >= 11 is 0. The van der Waals surface area contributed by atoms with Crippen LogP contribution in [0.3, 0.4) is 0 Å². The number of aliphatic hydroxyl groups excluding tert-OH is 1. The Morgan fingerprint density at radius 2 is 1.83 bits per heavy atom.